The lowest BCUT2D eigenvalue weighted by atomic mass is 10.2. The lowest BCUT2D eigenvalue weighted by molar-refractivity contribution is 0.166. The molecule has 0 aliphatic heterocycles. The standard InChI is InChI=1S/C10H11N3O2/c1-5-4-8-9(6(2)11-5)12-7(3)13(15)10(8)14/h4,15H,1-3H3. The second kappa shape index (κ2) is 3.05. The smallest absolute Gasteiger partial charge is 0.294 e. The van der Waals surface area contributed by atoms with Crippen LogP contribution in [0.5, 0.6) is 0 Å². The van der Waals surface area contributed by atoms with Gasteiger partial charge in [-0.3, -0.25) is 9.78 Å². The molecule has 5 nitrogen and oxygen atoms in total. The van der Waals surface area contributed by atoms with E-state index in [2.05, 4.69) is 9.97 Å². The first kappa shape index (κ1) is 9.64. The maximum Gasteiger partial charge on any atom is 0.294 e. The third-order valence-electron chi connectivity index (χ3n) is 2.30. The molecule has 2 aromatic heterocycles. The summed E-state index contributed by atoms with van der Waals surface area (Å²) in [6.07, 6.45) is 0. The summed E-state index contributed by atoms with van der Waals surface area (Å²) in [6.45, 7) is 5.16. The predicted molar refractivity (Wildman–Crippen MR) is 55.2 cm³/mol. The highest BCUT2D eigenvalue weighted by molar-refractivity contribution is 5.79. The second-order valence-electron chi connectivity index (χ2n) is 3.52. The van der Waals surface area contributed by atoms with Crippen molar-refractivity contribution in [2.24, 2.45) is 0 Å². The van der Waals surface area contributed by atoms with Crippen LogP contribution < -0.4 is 5.56 Å². The van der Waals surface area contributed by atoms with Crippen LogP contribution in [0.3, 0.4) is 0 Å². The summed E-state index contributed by atoms with van der Waals surface area (Å²) >= 11 is 0. The van der Waals surface area contributed by atoms with E-state index in [1.54, 1.807) is 26.8 Å². The van der Waals surface area contributed by atoms with Crippen molar-refractivity contribution in [3.8, 4) is 0 Å². The SMILES string of the molecule is Cc1cc2c(=O)n(O)c(C)nc2c(C)n1. The summed E-state index contributed by atoms with van der Waals surface area (Å²) in [6, 6.07) is 1.63. The molecule has 0 aromatic carbocycles. The largest absolute Gasteiger partial charge is 0.424 e. The van der Waals surface area contributed by atoms with E-state index in [1.807, 2.05) is 0 Å². The third kappa shape index (κ3) is 1.36. The molecule has 5 heteroatoms. The van der Waals surface area contributed by atoms with Crippen molar-refractivity contribution in [2.75, 3.05) is 0 Å². The van der Waals surface area contributed by atoms with Crippen molar-refractivity contribution in [2.45, 2.75) is 20.8 Å². The Balaban J connectivity index is 3.06. The van der Waals surface area contributed by atoms with Gasteiger partial charge >= 0.3 is 0 Å². The first-order chi connectivity index (χ1) is 7.00. The number of aryl methyl sites for hydroxylation is 3. The summed E-state index contributed by atoms with van der Waals surface area (Å²) in [4.78, 5) is 20.0. The normalized spacial score (nSPS) is 10.9. The number of rotatable bonds is 0. The van der Waals surface area contributed by atoms with Gasteiger partial charge in [-0.05, 0) is 26.8 Å². The molecule has 0 aliphatic rings. The molecule has 0 fully saturated rings. The van der Waals surface area contributed by atoms with Gasteiger partial charge in [0.05, 0.1) is 16.6 Å². The Morgan fingerprint density at radius 2 is 1.93 bits per heavy atom. The van der Waals surface area contributed by atoms with Gasteiger partial charge in [-0.25, -0.2) is 4.98 Å². The molecular formula is C10H11N3O2. The third-order valence-corrected chi connectivity index (χ3v) is 2.30. The van der Waals surface area contributed by atoms with E-state index >= 15 is 0 Å². The fraction of sp³-hybridized carbons (Fsp3) is 0.300. The van der Waals surface area contributed by atoms with Gasteiger partial charge in [0.25, 0.3) is 5.56 Å². The Hall–Kier alpha value is -1.91. The molecule has 15 heavy (non-hydrogen) atoms. The van der Waals surface area contributed by atoms with Crippen molar-refractivity contribution >= 4 is 10.9 Å². The minimum atomic E-state index is -0.453. The molecule has 0 saturated carbocycles. The summed E-state index contributed by atoms with van der Waals surface area (Å²) < 4.78 is 0.557. The van der Waals surface area contributed by atoms with E-state index in [4.69, 9.17) is 0 Å². The molecule has 2 aromatic rings. The Labute approximate surface area is 86.0 Å². The van der Waals surface area contributed by atoms with E-state index in [1.165, 1.54) is 0 Å². The van der Waals surface area contributed by atoms with Crippen molar-refractivity contribution < 1.29 is 5.21 Å². The summed E-state index contributed by atoms with van der Waals surface area (Å²) in [5.41, 5.74) is 1.54. The molecule has 1 N–H and O–H groups in total. The van der Waals surface area contributed by atoms with Crippen LogP contribution in [0, 0.1) is 20.8 Å². The molecular weight excluding hydrogens is 194 g/mol. The number of pyridine rings is 1. The average Bonchev–Trinajstić information content (AvgIpc) is 2.17. The molecule has 0 bridgehead atoms. The minimum absolute atomic E-state index is 0.265. The highest BCUT2D eigenvalue weighted by atomic mass is 16.5. The number of nitrogens with zero attached hydrogens (tertiary/aromatic N) is 3. The molecule has 2 rings (SSSR count). The number of fused-ring (bicyclic) bond motifs is 1. The fourth-order valence-electron chi connectivity index (χ4n) is 1.60. The predicted octanol–water partition coefficient (Wildman–Crippen LogP) is 0.954. The molecule has 2 heterocycles. The van der Waals surface area contributed by atoms with Gasteiger partial charge in [0.2, 0.25) is 0 Å². The number of hydrogen-bond donors (Lipinski definition) is 1. The monoisotopic (exact) mass is 205 g/mol. The summed E-state index contributed by atoms with van der Waals surface area (Å²) in [5, 5.41) is 9.80. The van der Waals surface area contributed by atoms with Crippen molar-refractivity contribution in [3.63, 3.8) is 0 Å². The van der Waals surface area contributed by atoms with E-state index in [0.717, 1.165) is 5.69 Å². The Morgan fingerprint density at radius 3 is 2.60 bits per heavy atom. The fourth-order valence-corrected chi connectivity index (χ4v) is 1.60. The van der Waals surface area contributed by atoms with E-state index < -0.39 is 5.56 Å². The highest BCUT2D eigenvalue weighted by Gasteiger charge is 2.10. The zero-order valence-corrected chi connectivity index (χ0v) is 8.77. The molecule has 0 amide bonds. The van der Waals surface area contributed by atoms with Crippen LogP contribution >= 0.6 is 0 Å². The van der Waals surface area contributed by atoms with E-state index in [0.29, 0.717) is 21.3 Å². The van der Waals surface area contributed by atoms with E-state index in [9.17, 15) is 10.0 Å². The summed E-state index contributed by atoms with van der Waals surface area (Å²) in [7, 11) is 0. The topological polar surface area (TPSA) is 68.0 Å². The van der Waals surface area contributed by atoms with Crippen molar-refractivity contribution in [1.82, 2.24) is 14.7 Å². The average molecular weight is 205 g/mol. The van der Waals surface area contributed by atoms with Gasteiger partial charge in [0, 0.05) is 5.69 Å². The zero-order chi connectivity index (χ0) is 11.2. The lowest BCUT2D eigenvalue weighted by Crippen LogP contribution is -2.22. The zero-order valence-electron chi connectivity index (χ0n) is 8.77. The summed E-state index contributed by atoms with van der Waals surface area (Å²) in [5.74, 6) is 0.265. The minimum Gasteiger partial charge on any atom is -0.424 e. The second-order valence-corrected chi connectivity index (χ2v) is 3.52. The Kier molecular flexibility index (Phi) is 1.96. The van der Waals surface area contributed by atoms with Crippen LogP contribution in [-0.2, 0) is 0 Å². The molecule has 78 valence electrons. The lowest BCUT2D eigenvalue weighted by Gasteiger charge is -2.05. The maximum absolute atomic E-state index is 11.7. The number of hydrogen-bond acceptors (Lipinski definition) is 4. The first-order valence-corrected chi connectivity index (χ1v) is 4.57. The molecule has 0 atom stereocenters. The molecule has 0 unspecified atom stereocenters. The van der Waals surface area contributed by atoms with Crippen molar-refractivity contribution in [3.05, 3.63) is 33.6 Å². The molecule has 0 saturated heterocycles. The van der Waals surface area contributed by atoms with Gasteiger partial charge < -0.3 is 5.21 Å². The van der Waals surface area contributed by atoms with Gasteiger partial charge in [-0.2, -0.15) is 0 Å². The first-order valence-electron chi connectivity index (χ1n) is 4.57. The van der Waals surface area contributed by atoms with Gasteiger partial charge in [0.1, 0.15) is 5.82 Å². The van der Waals surface area contributed by atoms with Crippen LogP contribution in [0.4, 0.5) is 0 Å². The maximum atomic E-state index is 11.7. The molecule has 0 radical (unpaired) electrons. The molecule has 0 spiro atoms. The van der Waals surface area contributed by atoms with Crippen molar-refractivity contribution in [1.29, 1.82) is 0 Å². The Bertz CT molecular complexity index is 602. The van der Waals surface area contributed by atoms with Gasteiger partial charge in [-0.15, -0.1) is 4.73 Å². The Morgan fingerprint density at radius 1 is 1.27 bits per heavy atom. The van der Waals surface area contributed by atoms with Crippen LogP contribution in [-0.4, -0.2) is 19.9 Å². The number of aromatic nitrogens is 3. The highest BCUT2D eigenvalue weighted by Crippen LogP contribution is 2.12. The van der Waals surface area contributed by atoms with Crippen LogP contribution in [0.15, 0.2) is 10.9 Å². The van der Waals surface area contributed by atoms with Crippen LogP contribution in [0.2, 0.25) is 0 Å². The van der Waals surface area contributed by atoms with Gasteiger partial charge in [-0.1, -0.05) is 0 Å². The van der Waals surface area contributed by atoms with E-state index in [-0.39, 0.29) is 5.82 Å². The van der Waals surface area contributed by atoms with Gasteiger partial charge in [0.15, 0.2) is 0 Å². The quantitative estimate of drug-likeness (QED) is 0.650. The molecule has 0 aliphatic carbocycles. The van der Waals surface area contributed by atoms with Crippen LogP contribution in [0.25, 0.3) is 10.9 Å². The van der Waals surface area contributed by atoms with Crippen LogP contribution in [0.1, 0.15) is 17.2 Å².